The largest absolute Gasteiger partial charge is 0.368 e. The number of halogens is 2. The second-order valence-corrected chi connectivity index (χ2v) is 7.34. The average molecular weight is 435 g/mol. The van der Waals surface area contributed by atoms with Gasteiger partial charge in [0.1, 0.15) is 5.82 Å². The summed E-state index contributed by atoms with van der Waals surface area (Å²) in [5.74, 6) is 1.31. The monoisotopic (exact) mass is 434 g/mol. The molecule has 0 saturated carbocycles. The topological polar surface area (TPSA) is 106 Å². The predicted molar refractivity (Wildman–Crippen MR) is 115 cm³/mol. The van der Waals surface area contributed by atoms with E-state index >= 15 is 0 Å². The molecule has 0 radical (unpaired) electrons. The molecular weight excluding hydrogens is 419 g/mol. The molecule has 0 aliphatic rings. The molecule has 10 heteroatoms. The van der Waals surface area contributed by atoms with E-state index in [1.165, 1.54) is 11.8 Å². The minimum Gasteiger partial charge on any atom is -0.368 e. The molecule has 0 aliphatic carbocycles. The SMILES string of the molecule is Nc1nc(CSCC(=O)Nc2cccc(Cl)c2Cl)nc(Nc2ccccc2)n1. The Morgan fingerprint density at radius 2 is 1.82 bits per heavy atom. The van der Waals surface area contributed by atoms with E-state index in [2.05, 4.69) is 25.6 Å². The highest BCUT2D eigenvalue weighted by Gasteiger charge is 2.10. The third-order valence-electron chi connectivity index (χ3n) is 3.42. The van der Waals surface area contributed by atoms with Gasteiger partial charge in [-0.05, 0) is 24.3 Å². The maximum atomic E-state index is 12.1. The van der Waals surface area contributed by atoms with Crippen molar-refractivity contribution in [2.24, 2.45) is 0 Å². The summed E-state index contributed by atoms with van der Waals surface area (Å²) in [6.45, 7) is 0. The van der Waals surface area contributed by atoms with Gasteiger partial charge in [0.15, 0.2) is 0 Å². The molecule has 28 heavy (non-hydrogen) atoms. The fourth-order valence-corrected chi connectivity index (χ4v) is 3.25. The minimum atomic E-state index is -0.209. The van der Waals surface area contributed by atoms with Crippen LogP contribution in [0.15, 0.2) is 48.5 Å². The Bertz CT molecular complexity index is 974. The summed E-state index contributed by atoms with van der Waals surface area (Å²) < 4.78 is 0. The van der Waals surface area contributed by atoms with Crippen LogP contribution in [0.3, 0.4) is 0 Å². The molecule has 0 atom stereocenters. The fourth-order valence-electron chi connectivity index (χ4n) is 2.23. The van der Waals surface area contributed by atoms with Gasteiger partial charge in [0.25, 0.3) is 0 Å². The lowest BCUT2D eigenvalue weighted by atomic mass is 10.3. The summed E-state index contributed by atoms with van der Waals surface area (Å²) in [4.78, 5) is 24.6. The standard InChI is InChI=1S/C18H16Cl2N6OS/c19-12-7-4-8-13(16(12)20)23-15(27)10-28-9-14-24-17(21)26-18(25-14)22-11-5-2-1-3-6-11/h1-8H,9-10H2,(H,23,27)(H3,21,22,24,25,26). The molecule has 4 N–H and O–H groups in total. The molecule has 1 heterocycles. The lowest BCUT2D eigenvalue weighted by Crippen LogP contribution is -2.15. The van der Waals surface area contributed by atoms with Crippen molar-refractivity contribution < 1.29 is 4.79 Å². The number of carbonyl (C=O) groups excluding carboxylic acids is 1. The van der Waals surface area contributed by atoms with Crippen molar-refractivity contribution in [1.29, 1.82) is 0 Å². The van der Waals surface area contributed by atoms with E-state index in [0.29, 0.717) is 33.3 Å². The molecule has 1 amide bonds. The van der Waals surface area contributed by atoms with Crippen LogP contribution in [0, 0.1) is 0 Å². The Morgan fingerprint density at radius 3 is 2.61 bits per heavy atom. The number of thioether (sulfide) groups is 1. The lowest BCUT2D eigenvalue weighted by Gasteiger charge is -2.09. The molecule has 0 aliphatic heterocycles. The van der Waals surface area contributed by atoms with Crippen LogP contribution >= 0.6 is 35.0 Å². The molecule has 3 rings (SSSR count). The first kappa shape index (κ1) is 20.2. The number of nitrogens with zero attached hydrogens (tertiary/aromatic N) is 3. The summed E-state index contributed by atoms with van der Waals surface area (Å²) in [5.41, 5.74) is 7.07. The van der Waals surface area contributed by atoms with Gasteiger partial charge in [-0.25, -0.2) is 0 Å². The van der Waals surface area contributed by atoms with Crippen LogP contribution in [0.1, 0.15) is 5.82 Å². The van der Waals surface area contributed by atoms with E-state index in [1.54, 1.807) is 18.2 Å². The van der Waals surface area contributed by atoms with Crippen molar-refractivity contribution >= 4 is 64.1 Å². The Balaban J connectivity index is 1.55. The number of amides is 1. The smallest absolute Gasteiger partial charge is 0.234 e. The van der Waals surface area contributed by atoms with Crippen LogP contribution in [-0.2, 0) is 10.5 Å². The van der Waals surface area contributed by atoms with Crippen LogP contribution < -0.4 is 16.4 Å². The highest BCUT2D eigenvalue weighted by atomic mass is 35.5. The van der Waals surface area contributed by atoms with Gasteiger partial charge in [-0.3, -0.25) is 4.79 Å². The molecule has 3 aromatic rings. The van der Waals surface area contributed by atoms with Gasteiger partial charge >= 0.3 is 0 Å². The Kier molecular flexibility index (Phi) is 6.91. The molecule has 144 valence electrons. The van der Waals surface area contributed by atoms with Crippen molar-refractivity contribution in [3.05, 3.63) is 64.4 Å². The number of anilines is 4. The highest BCUT2D eigenvalue weighted by molar-refractivity contribution is 7.99. The van der Waals surface area contributed by atoms with E-state index in [1.807, 2.05) is 30.3 Å². The van der Waals surface area contributed by atoms with Crippen molar-refractivity contribution in [1.82, 2.24) is 15.0 Å². The Hall–Kier alpha value is -2.55. The van der Waals surface area contributed by atoms with Crippen LogP contribution in [0.5, 0.6) is 0 Å². The van der Waals surface area contributed by atoms with Gasteiger partial charge in [0.05, 0.1) is 27.2 Å². The van der Waals surface area contributed by atoms with Gasteiger partial charge in [-0.1, -0.05) is 47.5 Å². The summed E-state index contributed by atoms with van der Waals surface area (Å²) in [6, 6.07) is 14.5. The number of hydrogen-bond acceptors (Lipinski definition) is 7. The van der Waals surface area contributed by atoms with Gasteiger partial charge in [-0.2, -0.15) is 15.0 Å². The van der Waals surface area contributed by atoms with E-state index in [9.17, 15) is 4.79 Å². The molecule has 0 unspecified atom stereocenters. The summed E-state index contributed by atoms with van der Waals surface area (Å²) in [6.07, 6.45) is 0. The highest BCUT2D eigenvalue weighted by Crippen LogP contribution is 2.29. The molecule has 0 spiro atoms. The van der Waals surface area contributed by atoms with E-state index in [-0.39, 0.29) is 17.6 Å². The van der Waals surface area contributed by atoms with E-state index < -0.39 is 0 Å². The number of rotatable bonds is 7. The number of para-hydroxylation sites is 1. The second-order valence-electron chi connectivity index (χ2n) is 5.57. The first-order valence-corrected chi connectivity index (χ1v) is 10.1. The second kappa shape index (κ2) is 9.59. The first-order valence-electron chi connectivity index (χ1n) is 8.15. The number of nitrogen functional groups attached to an aromatic ring is 1. The molecule has 1 aromatic heterocycles. The van der Waals surface area contributed by atoms with Crippen molar-refractivity contribution in [2.45, 2.75) is 5.75 Å². The zero-order valence-corrected chi connectivity index (χ0v) is 16.9. The molecule has 0 fully saturated rings. The van der Waals surface area contributed by atoms with Gasteiger partial charge < -0.3 is 16.4 Å². The number of nitrogens with two attached hydrogens (primary N) is 1. The third kappa shape index (κ3) is 5.72. The molecule has 0 saturated heterocycles. The first-order chi connectivity index (χ1) is 13.5. The summed E-state index contributed by atoms with van der Waals surface area (Å²) >= 11 is 13.4. The number of carbonyl (C=O) groups is 1. The van der Waals surface area contributed by atoms with E-state index in [0.717, 1.165) is 5.69 Å². The van der Waals surface area contributed by atoms with E-state index in [4.69, 9.17) is 28.9 Å². The predicted octanol–water partition coefficient (Wildman–Crippen LogP) is 4.38. The third-order valence-corrected chi connectivity index (χ3v) is 5.17. The Labute approximate surface area is 176 Å². The molecular formula is C18H16Cl2N6OS. The van der Waals surface area contributed by atoms with Gasteiger partial charge in [0.2, 0.25) is 17.8 Å². The summed E-state index contributed by atoms with van der Waals surface area (Å²) in [5, 5.41) is 6.49. The molecule has 7 nitrogen and oxygen atoms in total. The minimum absolute atomic E-state index is 0.110. The molecule has 2 aromatic carbocycles. The number of nitrogens with one attached hydrogen (secondary N) is 2. The van der Waals surface area contributed by atoms with Crippen LogP contribution in [-0.4, -0.2) is 26.6 Å². The van der Waals surface area contributed by atoms with Crippen molar-refractivity contribution in [2.75, 3.05) is 22.1 Å². The zero-order chi connectivity index (χ0) is 19.9. The number of benzene rings is 2. The van der Waals surface area contributed by atoms with Crippen molar-refractivity contribution in [3.63, 3.8) is 0 Å². The average Bonchev–Trinajstić information content (AvgIpc) is 2.66. The zero-order valence-electron chi connectivity index (χ0n) is 14.5. The normalized spacial score (nSPS) is 10.5. The lowest BCUT2D eigenvalue weighted by molar-refractivity contribution is -0.113. The quantitative estimate of drug-likeness (QED) is 0.506. The van der Waals surface area contributed by atoms with Gasteiger partial charge in [-0.15, -0.1) is 11.8 Å². The maximum absolute atomic E-state index is 12.1. The van der Waals surface area contributed by atoms with Crippen LogP contribution in [0.2, 0.25) is 10.0 Å². The Morgan fingerprint density at radius 1 is 1.04 bits per heavy atom. The number of aromatic nitrogens is 3. The van der Waals surface area contributed by atoms with Gasteiger partial charge in [0, 0.05) is 5.69 Å². The fraction of sp³-hybridized carbons (Fsp3) is 0.111. The van der Waals surface area contributed by atoms with Crippen molar-refractivity contribution in [3.8, 4) is 0 Å². The maximum Gasteiger partial charge on any atom is 0.234 e. The molecule has 0 bridgehead atoms. The van der Waals surface area contributed by atoms with Crippen LogP contribution in [0.25, 0.3) is 0 Å². The summed E-state index contributed by atoms with van der Waals surface area (Å²) in [7, 11) is 0. The van der Waals surface area contributed by atoms with Crippen LogP contribution in [0.4, 0.5) is 23.3 Å². The number of hydrogen-bond donors (Lipinski definition) is 3.